The van der Waals surface area contributed by atoms with Gasteiger partial charge in [0.25, 0.3) is 0 Å². The monoisotopic (exact) mass is 378 g/mol. The van der Waals surface area contributed by atoms with Crippen LogP contribution >= 0.6 is 0 Å². The van der Waals surface area contributed by atoms with E-state index >= 15 is 0 Å². The van der Waals surface area contributed by atoms with E-state index in [0.29, 0.717) is 24.9 Å². The Morgan fingerprint density at radius 1 is 1.04 bits per heavy atom. The van der Waals surface area contributed by atoms with E-state index in [9.17, 15) is 0 Å². The molecule has 0 fully saturated rings. The van der Waals surface area contributed by atoms with Crippen LogP contribution in [0.1, 0.15) is 38.3 Å². The van der Waals surface area contributed by atoms with Crippen LogP contribution in [0.4, 0.5) is 0 Å². The Morgan fingerprint density at radius 3 is 2.32 bits per heavy atom. The second kappa shape index (κ2) is 12.6. The van der Waals surface area contributed by atoms with Crippen molar-refractivity contribution in [3.05, 3.63) is 108 Å². The van der Waals surface area contributed by atoms with Crippen molar-refractivity contribution in [1.29, 1.82) is 0 Å². The number of allylic oxidation sites excluding steroid dienone is 5. The molecule has 0 saturated heterocycles. The summed E-state index contributed by atoms with van der Waals surface area (Å²) >= 11 is 0. The van der Waals surface area contributed by atoms with Crippen LogP contribution in [-0.4, -0.2) is 6.61 Å². The number of ether oxygens (including phenoxy) is 2. The molecule has 150 valence electrons. The maximum atomic E-state index is 6.12. The quantitative estimate of drug-likeness (QED) is 0.282. The lowest BCUT2D eigenvalue weighted by Crippen LogP contribution is -2.01. The zero-order chi connectivity index (χ0) is 20.9. The van der Waals surface area contributed by atoms with Gasteiger partial charge >= 0.3 is 0 Å². The molecule has 0 heterocycles. The van der Waals surface area contributed by atoms with Gasteiger partial charge in [0.15, 0.2) is 0 Å². The fourth-order valence-corrected chi connectivity index (χ4v) is 2.39. The first kappa shape index (κ1) is 23.3. The number of hydrogen-bond donors (Lipinski definition) is 0. The number of benzene rings is 1. The molecule has 0 amide bonds. The molecule has 0 aliphatic heterocycles. The van der Waals surface area contributed by atoms with E-state index in [2.05, 4.69) is 58.7 Å². The van der Waals surface area contributed by atoms with Gasteiger partial charge in [-0.25, -0.2) is 0 Å². The maximum absolute atomic E-state index is 6.12. The van der Waals surface area contributed by atoms with E-state index < -0.39 is 0 Å². The van der Waals surface area contributed by atoms with Crippen LogP contribution in [0.2, 0.25) is 0 Å². The highest BCUT2D eigenvalue weighted by molar-refractivity contribution is 5.31. The Morgan fingerprint density at radius 2 is 1.75 bits per heavy atom. The van der Waals surface area contributed by atoms with Crippen LogP contribution in [0.3, 0.4) is 0 Å². The minimum Gasteiger partial charge on any atom is -0.489 e. The van der Waals surface area contributed by atoms with E-state index in [1.807, 2.05) is 25.1 Å². The largest absolute Gasteiger partial charge is 0.489 e. The zero-order valence-electron chi connectivity index (χ0n) is 17.8. The lowest BCUT2D eigenvalue weighted by Gasteiger charge is -2.14. The van der Waals surface area contributed by atoms with E-state index in [4.69, 9.17) is 9.47 Å². The van der Waals surface area contributed by atoms with Crippen molar-refractivity contribution in [2.24, 2.45) is 5.92 Å². The van der Waals surface area contributed by atoms with Crippen molar-refractivity contribution in [1.82, 2.24) is 0 Å². The maximum Gasteiger partial charge on any atom is 0.122 e. The van der Waals surface area contributed by atoms with E-state index in [0.717, 1.165) is 23.3 Å². The van der Waals surface area contributed by atoms with Gasteiger partial charge in [-0.3, -0.25) is 0 Å². The molecule has 0 aromatic heterocycles. The van der Waals surface area contributed by atoms with Crippen molar-refractivity contribution >= 4 is 0 Å². The molecule has 1 unspecified atom stereocenters. The molecule has 2 nitrogen and oxygen atoms in total. The first-order valence-electron chi connectivity index (χ1n) is 9.75. The van der Waals surface area contributed by atoms with Crippen molar-refractivity contribution in [2.45, 2.75) is 40.7 Å². The number of rotatable bonds is 12. The Hall–Kier alpha value is -2.74. The van der Waals surface area contributed by atoms with Gasteiger partial charge in [0, 0.05) is 6.08 Å². The van der Waals surface area contributed by atoms with Gasteiger partial charge in [0.2, 0.25) is 0 Å². The molecule has 1 aromatic rings. The van der Waals surface area contributed by atoms with Gasteiger partial charge in [0.05, 0.1) is 0 Å². The van der Waals surface area contributed by atoms with Gasteiger partial charge in [-0.05, 0) is 60.6 Å². The molecule has 0 spiro atoms. The van der Waals surface area contributed by atoms with Crippen LogP contribution in [-0.2, 0) is 16.1 Å². The topological polar surface area (TPSA) is 18.5 Å². The van der Waals surface area contributed by atoms with Gasteiger partial charge in [-0.15, -0.1) is 0 Å². The molecular weight excluding hydrogens is 344 g/mol. The van der Waals surface area contributed by atoms with Crippen molar-refractivity contribution in [3.8, 4) is 0 Å². The lowest BCUT2D eigenvalue weighted by atomic mass is 10.1. The predicted octanol–water partition coefficient (Wildman–Crippen LogP) is 7.22. The summed E-state index contributed by atoms with van der Waals surface area (Å²) in [6, 6.07) is 8.25. The summed E-state index contributed by atoms with van der Waals surface area (Å²) in [7, 11) is 0. The van der Waals surface area contributed by atoms with Crippen molar-refractivity contribution in [2.75, 3.05) is 6.61 Å². The second-order valence-electron chi connectivity index (χ2n) is 6.83. The van der Waals surface area contributed by atoms with Crippen LogP contribution < -0.4 is 0 Å². The molecule has 0 radical (unpaired) electrons. The highest BCUT2D eigenvalue weighted by atomic mass is 16.5. The third-order valence-electron chi connectivity index (χ3n) is 4.69. The first-order valence-corrected chi connectivity index (χ1v) is 9.75. The highest BCUT2D eigenvalue weighted by Gasteiger charge is 2.06. The van der Waals surface area contributed by atoms with Gasteiger partial charge in [0.1, 0.15) is 24.7 Å². The minimum absolute atomic E-state index is 0.404. The van der Waals surface area contributed by atoms with E-state index in [-0.39, 0.29) is 0 Å². The number of hydrogen-bond acceptors (Lipinski definition) is 2. The average Bonchev–Trinajstić information content (AvgIpc) is 2.71. The Kier molecular flexibility index (Phi) is 10.5. The third kappa shape index (κ3) is 7.87. The molecule has 1 atom stereocenters. The molecule has 28 heavy (non-hydrogen) atoms. The van der Waals surface area contributed by atoms with Gasteiger partial charge in [-0.2, -0.15) is 0 Å². The molecule has 1 aromatic carbocycles. The lowest BCUT2D eigenvalue weighted by molar-refractivity contribution is 0.201. The Labute approximate surface area is 171 Å². The Bertz CT molecular complexity index is 762. The van der Waals surface area contributed by atoms with Gasteiger partial charge < -0.3 is 9.47 Å². The molecular formula is C26H34O2. The smallest absolute Gasteiger partial charge is 0.122 e. The standard InChI is InChI=1S/C26H34O2/c1-8-20(5)16-26(28-19-24-15-13-12-14-22(24)7)17-25(11-4)27-18-23(10-3)21(6)9-2/h9-17,20H,2-4,8,18-19H2,1,5-7H3/b23-21+,25-17+,26-16+. The van der Waals surface area contributed by atoms with Crippen LogP contribution in [0.15, 0.2) is 97.0 Å². The summed E-state index contributed by atoms with van der Waals surface area (Å²) in [6.45, 7) is 20.9. The van der Waals surface area contributed by atoms with Crippen LogP contribution in [0, 0.1) is 12.8 Å². The fourth-order valence-electron chi connectivity index (χ4n) is 2.39. The minimum atomic E-state index is 0.404. The third-order valence-corrected chi connectivity index (χ3v) is 4.69. The summed E-state index contributed by atoms with van der Waals surface area (Å²) < 4.78 is 12.1. The molecule has 0 aliphatic carbocycles. The molecule has 0 aliphatic rings. The Balaban J connectivity index is 2.99. The summed E-state index contributed by atoms with van der Waals surface area (Å²) in [5, 5.41) is 0. The van der Waals surface area contributed by atoms with Crippen LogP contribution in [0.25, 0.3) is 0 Å². The summed E-state index contributed by atoms with van der Waals surface area (Å²) in [4.78, 5) is 0. The van der Waals surface area contributed by atoms with Crippen molar-refractivity contribution < 1.29 is 9.47 Å². The second-order valence-corrected chi connectivity index (χ2v) is 6.83. The molecule has 1 rings (SSSR count). The van der Waals surface area contributed by atoms with Gasteiger partial charge in [-0.1, -0.05) is 70.0 Å². The summed E-state index contributed by atoms with van der Waals surface area (Å²) in [5.74, 6) is 1.86. The van der Waals surface area contributed by atoms with E-state index in [1.54, 1.807) is 18.2 Å². The molecule has 0 bridgehead atoms. The van der Waals surface area contributed by atoms with Crippen LogP contribution in [0.5, 0.6) is 0 Å². The molecule has 2 heteroatoms. The average molecular weight is 379 g/mol. The fraction of sp³-hybridized carbons (Fsp3) is 0.308. The highest BCUT2D eigenvalue weighted by Crippen LogP contribution is 2.18. The normalized spacial score (nSPS) is 14.0. The summed E-state index contributed by atoms with van der Waals surface area (Å²) in [5.41, 5.74) is 4.43. The molecule has 0 N–H and O–H groups in total. The first-order chi connectivity index (χ1) is 13.4. The predicted molar refractivity (Wildman–Crippen MR) is 121 cm³/mol. The van der Waals surface area contributed by atoms with Crippen molar-refractivity contribution in [3.63, 3.8) is 0 Å². The molecule has 0 saturated carbocycles. The zero-order valence-corrected chi connectivity index (χ0v) is 17.8. The number of aryl methyl sites for hydroxylation is 1. The summed E-state index contributed by atoms with van der Waals surface area (Å²) in [6.07, 6.45) is 10.4. The van der Waals surface area contributed by atoms with E-state index in [1.165, 1.54) is 11.1 Å². The SMILES string of the molecule is C=C/C(=C\C(=C/C(C)CC)OCc1ccccc1C)OC/C(C=C)=C(\C)C=C.